The van der Waals surface area contributed by atoms with E-state index < -0.39 is 35.2 Å². The van der Waals surface area contributed by atoms with Crippen molar-refractivity contribution < 1.29 is 52.1 Å². The fraction of sp³-hybridized carbons (Fsp3) is 0.611. The van der Waals surface area contributed by atoms with Gasteiger partial charge in [-0.3, -0.25) is 9.59 Å². The number of aliphatic carboxylic acids is 1. The highest BCUT2D eigenvalue weighted by Crippen LogP contribution is 2.13. The number of rotatable bonds is 14. The number of imidazole rings is 1. The molecule has 0 aliphatic heterocycles. The minimum absolute atomic E-state index is 0.00836. The zero-order chi connectivity index (χ0) is 26.9. The van der Waals surface area contributed by atoms with Crippen LogP contribution < -0.4 is 10.6 Å². The fourth-order valence-electron chi connectivity index (χ4n) is 2.32. The first-order chi connectivity index (χ1) is 16.4. The topological polar surface area (TPSA) is 203 Å². The number of hydrogen-bond donors (Lipinski definition) is 4. The molecule has 1 rings (SSSR count). The number of esters is 1. The standard InChI is InChI=1S/C16H25N5O7.C2HF3O2/c1-27-16(24)13(9-12-10-17-11-19-12)20-15(23)6-7-18-14(22)5-3-2-4-8-28-21(25)26;3-2(4,5)1(6)7/h10-11,13H,2-9H2,1H3,(H,17,19)(H,18,22)(H,20,23);(H,6,7). The number of nitrogens with zero attached hydrogens (tertiary/aromatic N) is 2. The summed E-state index contributed by atoms with van der Waals surface area (Å²) in [7, 11) is 1.23. The Morgan fingerprint density at radius 3 is 2.37 bits per heavy atom. The van der Waals surface area contributed by atoms with Crippen molar-refractivity contribution in [3.8, 4) is 0 Å². The number of carboxylic acid groups (broad SMARTS) is 1. The van der Waals surface area contributed by atoms with Crippen molar-refractivity contribution in [1.29, 1.82) is 0 Å². The predicted molar refractivity (Wildman–Crippen MR) is 109 cm³/mol. The molecular weight excluding hydrogens is 487 g/mol. The molecule has 0 saturated carbocycles. The van der Waals surface area contributed by atoms with E-state index >= 15 is 0 Å². The van der Waals surface area contributed by atoms with Gasteiger partial charge in [0.2, 0.25) is 11.8 Å². The summed E-state index contributed by atoms with van der Waals surface area (Å²) >= 11 is 0. The van der Waals surface area contributed by atoms with Gasteiger partial charge in [-0.25, -0.2) is 14.6 Å². The van der Waals surface area contributed by atoms with Crippen LogP contribution in [0.2, 0.25) is 0 Å². The number of methoxy groups -OCH3 is 1. The molecule has 0 aromatic carbocycles. The Balaban J connectivity index is 0.00000143. The minimum atomic E-state index is -5.08. The van der Waals surface area contributed by atoms with E-state index in [4.69, 9.17) is 9.90 Å². The highest BCUT2D eigenvalue weighted by molar-refractivity contribution is 5.85. The molecule has 0 radical (unpaired) electrons. The Morgan fingerprint density at radius 2 is 1.86 bits per heavy atom. The molecule has 1 aromatic rings. The quantitative estimate of drug-likeness (QED) is 0.117. The van der Waals surface area contributed by atoms with Gasteiger partial charge >= 0.3 is 18.1 Å². The molecule has 35 heavy (non-hydrogen) atoms. The van der Waals surface area contributed by atoms with Crippen LogP contribution in [0.5, 0.6) is 0 Å². The molecule has 14 nitrogen and oxygen atoms in total. The van der Waals surface area contributed by atoms with E-state index in [0.717, 1.165) is 0 Å². The van der Waals surface area contributed by atoms with E-state index in [-0.39, 0.29) is 38.3 Å². The second-order valence-electron chi connectivity index (χ2n) is 6.68. The number of aromatic amines is 1. The summed E-state index contributed by atoms with van der Waals surface area (Å²) in [6.45, 7) is 0.139. The maximum absolute atomic E-state index is 12.0. The van der Waals surface area contributed by atoms with Crippen LogP contribution in [0.3, 0.4) is 0 Å². The fourth-order valence-corrected chi connectivity index (χ4v) is 2.32. The minimum Gasteiger partial charge on any atom is -0.475 e. The molecular formula is C18H26F3N5O9. The lowest BCUT2D eigenvalue weighted by atomic mass is 10.1. The number of alkyl halides is 3. The van der Waals surface area contributed by atoms with Crippen molar-refractivity contribution in [3.63, 3.8) is 0 Å². The van der Waals surface area contributed by atoms with Crippen molar-refractivity contribution in [2.24, 2.45) is 0 Å². The maximum atomic E-state index is 12.0. The van der Waals surface area contributed by atoms with E-state index in [1.54, 1.807) is 6.20 Å². The molecule has 17 heteroatoms. The van der Waals surface area contributed by atoms with Gasteiger partial charge in [0.05, 0.1) is 25.7 Å². The second-order valence-corrected chi connectivity index (χ2v) is 6.68. The first kappa shape index (κ1) is 31.1. The van der Waals surface area contributed by atoms with Gasteiger partial charge in [0.15, 0.2) is 0 Å². The van der Waals surface area contributed by atoms with E-state index in [2.05, 4.69) is 30.2 Å². The third kappa shape index (κ3) is 16.4. The number of carbonyl (C=O) groups is 4. The van der Waals surface area contributed by atoms with Gasteiger partial charge in [-0.1, -0.05) is 6.42 Å². The van der Waals surface area contributed by atoms with E-state index in [1.807, 2.05) is 0 Å². The summed E-state index contributed by atoms with van der Waals surface area (Å²) in [5.41, 5.74) is 0.604. The summed E-state index contributed by atoms with van der Waals surface area (Å²) in [5.74, 6) is -3.96. The van der Waals surface area contributed by atoms with E-state index in [1.165, 1.54) is 13.4 Å². The summed E-state index contributed by atoms with van der Waals surface area (Å²) in [5, 5.41) is 21.4. The number of carbonyl (C=O) groups excluding carboxylic acids is 3. The Hall–Kier alpha value is -3.92. The third-order valence-electron chi connectivity index (χ3n) is 3.95. The van der Waals surface area contributed by atoms with Gasteiger partial charge in [0, 0.05) is 32.0 Å². The number of amides is 2. The van der Waals surface area contributed by atoms with E-state index in [0.29, 0.717) is 25.0 Å². The van der Waals surface area contributed by atoms with Crippen LogP contribution in [-0.4, -0.2) is 76.4 Å². The molecule has 0 spiro atoms. The summed E-state index contributed by atoms with van der Waals surface area (Å²) in [4.78, 5) is 65.3. The van der Waals surface area contributed by atoms with Crippen LogP contribution in [0.15, 0.2) is 12.5 Å². The SMILES string of the molecule is COC(=O)C(Cc1c[nH]cn1)NC(=O)CCNC(=O)CCCCCO[N+](=O)[O-].O=C(O)C(F)(F)F. The van der Waals surface area contributed by atoms with Crippen molar-refractivity contribution in [2.75, 3.05) is 20.3 Å². The number of halogens is 3. The second kappa shape index (κ2) is 16.7. The molecule has 0 aliphatic carbocycles. The monoisotopic (exact) mass is 513 g/mol. The molecule has 1 atom stereocenters. The van der Waals surface area contributed by atoms with Gasteiger partial charge in [-0.15, -0.1) is 10.1 Å². The Labute approximate surface area is 196 Å². The largest absolute Gasteiger partial charge is 0.490 e. The summed E-state index contributed by atoms with van der Waals surface area (Å²) in [6, 6.07) is -0.863. The van der Waals surface area contributed by atoms with E-state index in [9.17, 15) is 37.7 Å². The number of hydrogen-bond acceptors (Lipinski definition) is 9. The highest BCUT2D eigenvalue weighted by atomic mass is 19.4. The number of ether oxygens (including phenoxy) is 1. The van der Waals surface area contributed by atoms with Crippen molar-refractivity contribution in [1.82, 2.24) is 20.6 Å². The molecule has 0 fully saturated rings. The summed E-state index contributed by atoms with van der Waals surface area (Å²) in [6.07, 6.45) is 0.127. The van der Waals surface area contributed by atoms with Crippen LogP contribution in [0, 0.1) is 10.1 Å². The number of carboxylic acids is 1. The molecule has 0 bridgehead atoms. The normalized spacial score (nSPS) is 11.3. The number of aromatic nitrogens is 2. The van der Waals surface area contributed by atoms with Crippen molar-refractivity contribution in [3.05, 3.63) is 28.3 Å². The molecule has 0 aliphatic rings. The molecule has 4 N–H and O–H groups in total. The van der Waals surface area contributed by atoms with Gasteiger partial charge in [-0.05, 0) is 12.8 Å². The van der Waals surface area contributed by atoms with Crippen LogP contribution in [-0.2, 0) is 35.2 Å². The Morgan fingerprint density at radius 1 is 1.20 bits per heavy atom. The molecule has 1 aromatic heterocycles. The van der Waals surface area contributed by atoms with Gasteiger partial charge < -0.3 is 30.3 Å². The third-order valence-corrected chi connectivity index (χ3v) is 3.95. The lowest BCUT2D eigenvalue weighted by Crippen LogP contribution is -2.44. The zero-order valence-electron chi connectivity index (χ0n) is 18.6. The maximum Gasteiger partial charge on any atom is 0.490 e. The van der Waals surface area contributed by atoms with Crippen molar-refractivity contribution >= 4 is 23.8 Å². The van der Waals surface area contributed by atoms with Gasteiger partial charge in [0.25, 0.3) is 5.09 Å². The molecule has 198 valence electrons. The van der Waals surface area contributed by atoms with Crippen LogP contribution in [0.4, 0.5) is 13.2 Å². The lowest BCUT2D eigenvalue weighted by Gasteiger charge is -2.15. The Bertz CT molecular complexity index is 819. The molecule has 1 unspecified atom stereocenters. The number of H-pyrrole nitrogens is 1. The first-order valence-electron chi connectivity index (χ1n) is 10.1. The first-order valence-corrected chi connectivity index (χ1v) is 10.1. The predicted octanol–water partition coefficient (Wildman–Crippen LogP) is 0.518. The lowest BCUT2D eigenvalue weighted by molar-refractivity contribution is -0.757. The van der Waals surface area contributed by atoms with Crippen molar-refractivity contribution in [2.45, 2.75) is 50.7 Å². The summed E-state index contributed by atoms with van der Waals surface area (Å²) < 4.78 is 36.4. The van der Waals surface area contributed by atoms with Gasteiger partial charge in [0.1, 0.15) is 6.04 Å². The van der Waals surface area contributed by atoms with Gasteiger partial charge in [-0.2, -0.15) is 13.2 Å². The average molecular weight is 513 g/mol. The number of nitrogens with one attached hydrogen (secondary N) is 3. The molecule has 0 saturated heterocycles. The molecule has 2 amide bonds. The smallest absolute Gasteiger partial charge is 0.475 e. The number of unbranched alkanes of at least 4 members (excludes halogenated alkanes) is 2. The zero-order valence-corrected chi connectivity index (χ0v) is 18.6. The average Bonchev–Trinajstić information content (AvgIpc) is 3.28. The highest BCUT2D eigenvalue weighted by Gasteiger charge is 2.38. The molecule has 1 heterocycles. The van der Waals surface area contributed by atoms with Crippen LogP contribution >= 0.6 is 0 Å². The van der Waals surface area contributed by atoms with Crippen LogP contribution in [0.25, 0.3) is 0 Å². The van der Waals surface area contributed by atoms with Crippen LogP contribution in [0.1, 0.15) is 37.8 Å². The Kier molecular flexibility index (Phi) is 14.8.